The molecule has 0 bridgehead atoms. The Morgan fingerprint density at radius 3 is 2.20 bits per heavy atom. The van der Waals surface area contributed by atoms with Crippen LogP contribution in [0.2, 0.25) is 0 Å². The molecule has 0 amide bonds. The van der Waals surface area contributed by atoms with E-state index < -0.39 is 33.9 Å². The van der Waals surface area contributed by atoms with Crippen LogP contribution in [0, 0.1) is 0 Å². The summed E-state index contributed by atoms with van der Waals surface area (Å²) in [6, 6.07) is 0. The molecule has 0 aromatic rings. The highest BCUT2D eigenvalue weighted by molar-refractivity contribution is 7.87. The van der Waals surface area contributed by atoms with Gasteiger partial charge in [-0.3, -0.25) is 4.55 Å². The van der Waals surface area contributed by atoms with Gasteiger partial charge in [0.15, 0.2) is 6.61 Å². The monoisotopic (exact) mass is 248 g/mol. The molecule has 0 radical (unpaired) electrons. The highest BCUT2D eigenvalue weighted by atomic mass is 32.2. The highest BCUT2D eigenvalue weighted by Gasteiger charge is 2.54. The van der Waals surface area contributed by atoms with Crippen LogP contribution >= 0.6 is 0 Å². The smallest absolute Gasteiger partial charge is 0.465 e. The minimum atomic E-state index is -5.92. The van der Waals surface area contributed by atoms with Gasteiger partial charge in [-0.2, -0.15) is 17.2 Å². The molecular weight excluding hydrogens is 242 g/mol. The Labute approximate surface area is 82.7 Å². The van der Waals surface area contributed by atoms with Crippen LogP contribution in [0.3, 0.4) is 0 Å². The molecule has 0 aromatic heterocycles. The van der Waals surface area contributed by atoms with Crippen molar-refractivity contribution in [1.29, 1.82) is 0 Å². The molecule has 0 unspecified atom stereocenters. The maximum Gasteiger partial charge on any atom is 0.465 e. The SMILES string of the molecule is COC(=O)COC(=O)C(F)(F)S(=O)(=O)O. The second-order valence-corrected chi connectivity index (χ2v) is 3.61. The fourth-order valence-electron chi connectivity index (χ4n) is 0.373. The van der Waals surface area contributed by atoms with Gasteiger partial charge in [0.1, 0.15) is 0 Å². The lowest BCUT2D eigenvalue weighted by atomic mass is 10.6. The van der Waals surface area contributed by atoms with Crippen molar-refractivity contribution in [3.05, 3.63) is 0 Å². The summed E-state index contributed by atoms with van der Waals surface area (Å²) in [5, 5.41) is -5.11. The number of carbonyl (C=O) groups is 2. The number of ether oxygens (including phenoxy) is 2. The molecule has 88 valence electrons. The van der Waals surface area contributed by atoms with E-state index in [9.17, 15) is 26.8 Å². The first-order valence-corrected chi connectivity index (χ1v) is 4.66. The molecular formula is C5H6F2O7S. The van der Waals surface area contributed by atoms with Gasteiger partial charge in [-0.25, -0.2) is 9.59 Å². The molecule has 0 aromatic carbocycles. The Morgan fingerprint density at radius 2 is 1.87 bits per heavy atom. The van der Waals surface area contributed by atoms with Crippen molar-refractivity contribution in [2.75, 3.05) is 13.7 Å². The molecule has 0 aliphatic rings. The first-order chi connectivity index (χ1) is 6.63. The molecule has 1 N–H and O–H groups in total. The topological polar surface area (TPSA) is 107 Å². The van der Waals surface area contributed by atoms with Crippen molar-refractivity contribution in [3.8, 4) is 0 Å². The second-order valence-electron chi connectivity index (χ2n) is 2.14. The lowest BCUT2D eigenvalue weighted by molar-refractivity contribution is -0.168. The maximum absolute atomic E-state index is 12.4. The summed E-state index contributed by atoms with van der Waals surface area (Å²) in [6.45, 7) is -1.18. The standard InChI is InChI=1S/C5H6F2O7S/c1-13-3(8)2-14-4(9)5(6,7)15(10,11)12/h2H2,1H3,(H,10,11,12). The molecule has 0 saturated heterocycles. The number of methoxy groups -OCH3 is 1. The van der Waals surface area contributed by atoms with Gasteiger partial charge in [0, 0.05) is 0 Å². The van der Waals surface area contributed by atoms with E-state index in [1.807, 2.05) is 0 Å². The van der Waals surface area contributed by atoms with Gasteiger partial charge in [0.25, 0.3) is 0 Å². The van der Waals surface area contributed by atoms with E-state index in [2.05, 4.69) is 9.47 Å². The molecule has 0 saturated carbocycles. The average Bonchev–Trinajstić information content (AvgIpc) is 2.11. The maximum atomic E-state index is 12.4. The summed E-state index contributed by atoms with van der Waals surface area (Å²) in [7, 11) is -5.02. The van der Waals surface area contributed by atoms with Crippen LogP contribution in [0.25, 0.3) is 0 Å². The van der Waals surface area contributed by atoms with Crippen LogP contribution in [-0.2, 0) is 29.2 Å². The minimum Gasteiger partial charge on any atom is -0.466 e. The molecule has 0 aliphatic heterocycles. The normalized spacial score (nSPS) is 12.0. The van der Waals surface area contributed by atoms with Crippen LogP contribution in [-0.4, -0.2) is 43.9 Å². The van der Waals surface area contributed by atoms with E-state index in [1.54, 1.807) is 0 Å². The van der Waals surface area contributed by atoms with Crippen molar-refractivity contribution in [1.82, 2.24) is 0 Å². The molecule has 10 heteroatoms. The molecule has 0 heterocycles. The van der Waals surface area contributed by atoms with E-state index in [-0.39, 0.29) is 0 Å². The first kappa shape index (κ1) is 13.7. The Kier molecular flexibility index (Phi) is 4.10. The highest BCUT2D eigenvalue weighted by Crippen LogP contribution is 2.21. The quantitative estimate of drug-likeness (QED) is 0.511. The fourth-order valence-corrected chi connectivity index (χ4v) is 0.642. The lowest BCUT2D eigenvalue weighted by Gasteiger charge is -2.10. The van der Waals surface area contributed by atoms with Crippen molar-refractivity contribution in [2.24, 2.45) is 0 Å². The van der Waals surface area contributed by atoms with Crippen LogP contribution in [0.4, 0.5) is 8.78 Å². The summed E-state index contributed by atoms with van der Waals surface area (Å²) in [4.78, 5) is 20.7. The Hall–Kier alpha value is -1.29. The van der Waals surface area contributed by atoms with Crippen LogP contribution in [0.15, 0.2) is 0 Å². The summed E-state index contributed by atoms with van der Waals surface area (Å²) < 4.78 is 60.3. The van der Waals surface area contributed by atoms with Gasteiger partial charge in [-0.05, 0) is 0 Å². The van der Waals surface area contributed by atoms with E-state index in [1.165, 1.54) is 0 Å². The predicted molar refractivity (Wildman–Crippen MR) is 39.5 cm³/mol. The zero-order valence-corrected chi connectivity index (χ0v) is 8.08. The van der Waals surface area contributed by atoms with Gasteiger partial charge in [-0.1, -0.05) is 0 Å². The van der Waals surface area contributed by atoms with Crippen LogP contribution in [0.1, 0.15) is 0 Å². The summed E-state index contributed by atoms with van der Waals surface area (Å²) >= 11 is 0. The number of halogens is 2. The van der Waals surface area contributed by atoms with Gasteiger partial charge in [-0.15, -0.1) is 0 Å². The third kappa shape index (κ3) is 3.40. The lowest BCUT2D eigenvalue weighted by Crippen LogP contribution is -2.39. The molecule has 0 spiro atoms. The fraction of sp³-hybridized carbons (Fsp3) is 0.600. The Morgan fingerprint density at radius 1 is 1.40 bits per heavy atom. The number of hydrogen-bond acceptors (Lipinski definition) is 6. The van der Waals surface area contributed by atoms with Crippen LogP contribution in [0.5, 0.6) is 0 Å². The number of rotatable bonds is 4. The van der Waals surface area contributed by atoms with Gasteiger partial charge >= 0.3 is 27.3 Å². The van der Waals surface area contributed by atoms with Crippen LogP contribution < -0.4 is 0 Å². The Balaban J connectivity index is 4.54. The summed E-state index contributed by atoms with van der Waals surface area (Å²) in [5.41, 5.74) is 0. The average molecular weight is 248 g/mol. The van der Waals surface area contributed by atoms with Crippen molar-refractivity contribution in [3.63, 3.8) is 0 Å². The molecule has 15 heavy (non-hydrogen) atoms. The largest absolute Gasteiger partial charge is 0.466 e. The number of alkyl halides is 2. The number of carbonyl (C=O) groups excluding carboxylic acids is 2. The second kappa shape index (κ2) is 4.49. The van der Waals surface area contributed by atoms with E-state index in [4.69, 9.17) is 4.55 Å². The van der Waals surface area contributed by atoms with Crippen molar-refractivity contribution >= 4 is 22.1 Å². The summed E-state index contributed by atoms with van der Waals surface area (Å²) in [6.07, 6.45) is 0. The zero-order chi connectivity index (χ0) is 12.3. The van der Waals surface area contributed by atoms with E-state index in [0.29, 0.717) is 0 Å². The molecule has 0 aliphatic carbocycles. The van der Waals surface area contributed by atoms with Gasteiger partial charge in [0.2, 0.25) is 0 Å². The molecule has 0 atom stereocenters. The van der Waals surface area contributed by atoms with E-state index >= 15 is 0 Å². The molecule has 7 nitrogen and oxygen atoms in total. The van der Waals surface area contributed by atoms with Crippen molar-refractivity contribution in [2.45, 2.75) is 5.25 Å². The number of hydrogen-bond donors (Lipinski definition) is 1. The summed E-state index contributed by atoms with van der Waals surface area (Å²) in [5.74, 6) is -3.72. The van der Waals surface area contributed by atoms with E-state index in [0.717, 1.165) is 7.11 Å². The van der Waals surface area contributed by atoms with Crippen molar-refractivity contribution < 1.29 is 40.8 Å². The van der Waals surface area contributed by atoms with Gasteiger partial charge in [0.05, 0.1) is 7.11 Å². The number of esters is 2. The third-order valence-electron chi connectivity index (χ3n) is 1.11. The Bertz CT molecular complexity index is 360. The first-order valence-electron chi connectivity index (χ1n) is 3.21. The minimum absolute atomic E-state index is 0.900. The predicted octanol–water partition coefficient (Wildman–Crippen LogP) is -0.817. The third-order valence-corrected chi connectivity index (χ3v) is 1.93. The molecule has 0 fully saturated rings. The zero-order valence-electron chi connectivity index (χ0n) is 7.27. The van der Waals surface area contributed by atoms with Gasteiger partial charge < -0.3 is 9.47 Å². The molecule has 0 rings (SSSR count).